The highest BCUT2D eigenvalue weighted by Gasteiger charge is 2.10. The van der Waals surface area contributed by atoms with Crippen molar-refractivity contribution in [2.45, 2.75) is 51.4 Å². The number of phenolic OH excluding ortho intramolecular Hbond substituents is 1. The Bertz CT molecular complexity index is 1160. The average Bonchev–Trinajstić information content (AvgIpc) is 3.04. The number of halogens is 2. The van der Waals surface area contributed by atoms with E-state index in [9.17, 15) is 4.79 Å². The van der Waals surface area contributed by atoms with Gasteiger partial charge < -0.3 is 36.2 Å². The van der Waals surface area contributed by atoms with Crippen LogP contribution in [0.25, 0.3) is 0 Å². The Labute approximate surface area is 278 Å². The second kappa shape index (κ2) is 22.6. The van der Waals surface area contributed by atoms with Gasteiger partial charge in [0.2, 0.25) is 0 Å². The standard InChI is InChI=1S/C21H26N2O2.C8H18N2.C6H4Cl2O.H2O/c24-21(22-14-7-17-23-15-5-2-6-16-23)18-10-12-20(13-11-18)25-19-8-3-1-4-9-19;9-5-4-8-10-6-2-1-3-7-10;7-4-1-5(8)3-6(9)2-4;/h1,3-4,8-13H,2,5-7,14-17H2,(H,22,24);1-9H2;1-3,9H;1H2. The fourth-order valence-electron chi connectivity index (χ4n) is 5.13. The number of benzene rings is 3. The molecular weight excluding hydrogens is 611 g/mol. The molecule has 0 atom stereocenters. The minimum atomic E-state index is -0.0232. The minimum Gasteiger partial charge on any atom is -0.508 e. The van der Waals surface area contributed by atoms with E-state index >= 15 is 0 Å². The van der Waals surface area contributed by atoms with E-state index in [0.717, 1.165) is 37.6 Å². The van der Waals surface area contributed by atoms with Crippen LogP contribution in [-0.4, -0.2) is 78.6 Å². The van der Waals surface area contributed by atoms with Crippen molar-refractivity contribution in [3.05, 3.63) is 88.4 Å². The van der Waals surface area contributed by atoms with Crippen molar-refractivity contribution >= 4 is 29.1 Å². The van der Waals surface area contributed by atoms with Gasteiger partial charge in [-0.1, -0.05) is 54.2 Å². The lowest BCUT2D eigenvalue weighted by Gasteiger charge is -2.26. The highest BCUT2D eigenvalue weighted by molar-refractivity contribution is 6.34. The third-order valence-electron chi connectivity index (χ3n) is 7.46. The fourth-order valence-corrected chi connectivity index (χ4v) is 5.64. The Hall–Kier alpha value is -2.85. The number of rotatable bonds is 10. The van der Waals surface area contributed by atoms with E-state index in [1.54, 1.807) is 18.2 Å². The zero-order valence-corrected chi connectivity index (χ0v) is 27.7. The minimum absolute atomic E-state index is 0. The molecular formula is C35H50Cl2N4O4. The summed E-state index contributed by atoms with van der Waals surface area (Å²) in [6.07, 6.45) is 10.4. The number of phenols is 1. The van der Waals surface area contributed by atoms with Gasteiger partial charge in [0.15, 0.2) is 0 Å². The maximum atomic E-state index is 12.2. The molecule has 0 aliphatic carbocycles. The number of nitrogens with two attached hydrogens (primary N) is 1. The molecule has 0 radical (unpaired) electrons. The predicted octanol–water partition coefficient (Wildman–Crippen LogP) is 6.78. The van der Waals surface area contributed by atoms with Crippen LogP contribution in [0.3, 0.4) is 0 Å². The number of nitrogens with one attached hydrogen (secondary N) is 1. The van der Waals surface area contributed by atoms with E-state index in [4.69, 9.17) is 38.8 Å². The lowest BCUT2D eigenvalue weighted by Crippen LogP contribution is -2.33. The van der Waals surface area contributed by atoms with Gasteiger partial charge in [-0.3, -0.25) is 4.79 Å². The van der Waals surface area contributed by atoms with Gasteiger partial charge in [-0.15, -0.1) is 0 Å². The molecule has 2 heterocycles. The second-order valence-electron chi connectivity index (χ2n) is 11.1. The van der Waals surface area contributed by atoms with Crippen molar-refractivity contribution in [2.75, 3.05) is 52.4 Å². The Morgan fingerprint density at radius 3 is 1.78 bits per heavy atom. The third-order valence-corrected chi connectivity index (χ3v) is 7.89. The van der Waals surface area contributed by atoms with Gasteiger partial charge in [-0.05, 0) is 139 Å². The Morgan fingerprint density at radius 1 is 0.756 bits per heavy atom. The molecule has 2 aliphatic rings. The zero-order valence-electron chi connectivity index (χ0n) is 26.2. The molecule has 0 unspecified atom stereocenters. The van der Waals surface area contributed by atoms with E-state index in [-0.39, 0.29) is 17.1 Å². The average molecular weight is 662 g/mol. The van der Waals surface area contributed by atoms with Crippen LogP contribution in [0.2, 0.25) is 10.0 Å². The summed E-state index contributed by atoms with van der Waals surface area (Å²) in [6.45, 7) is 8.88. The van der Waals surface area contributed by atoms with E-state index < -0.39 is 0 Å². The van der Waals surface area contributed by atoms with Crippen molar-refractivity contribution in [3.63, 3.8) is 0 Å². The number of hydrogen-bond donors (Lipinski definition) is 3. The molecule has 0 saturated carbocycles. The topological polar surface area (TPSA) is 123 Å². The number of amides is 1. The van der Waals surface area contributed by atoms with Crippen LogP contribution in [0.5, 0.6) is 17.2 Å². The van der Waals surface area contributed by atoms with Gasteiger partial charge in [0.05, 0.1) is 0 Å². The Balaban J connectivity index is 0.000000289. The van der Waals surface area contributed by atoms with Crippen LogP contribution in [0, 0.1) is 0 Å². The number of aromatic hydroxyl groups is 1. The Morgan fingerprint density at radius 2 is 1.27 bits per heavy atom. The molecule has 6 N–H and O–H groups in total. The number of hydrogen-bond acceptors (Lipinski definition) is 6. The first-order chi connectivity index (χ1) is 21.4. The largest absolute Gasteiger partial charge is 0.508 e. The van der Waals surface area contributed by atoms with E-state index in [0.29, 0.717) is 15.6 Å². The highest BCUT2D eigenvalue weighted by Crippen LogP contribution is 2.23. The molecule has 3 aromatic rings. The van der Waals surface area contributed by atoms with Crippen LogP contribution < -0.4 is 15.8 Å². The number of piperidine rings is 2. The highest BCUT2D eigenvalue weighted by atomic mass is 35.5. The Kier molecular flexibility index (Phi) is 19.3. The quantitative estimate of drug-likeness (QED) is 0.206. The molecule has 10 heteroatoms. The normalized spacial score (nSPS) is 14.9. The monoisotopic (exact) mass is 660 g/mol. The van der Waals surface area contributed by atoms with Gasteiger partial charge in [0, 0.05) is 22.2 Å². The first-order valence-corrected chi connectivity index (χ1v) is 16.6. The number of carbonyl (C=O) groups excluding carboxylic acids is 1. The summed E-state index contributed by atoms with van der Waals surface area (Å²) in [5.74, 6) is 1.59. The number of nitrogens with zero attached hydrogens (tertiary/aromatic N) is 2. The van der Waals surface area contributed by atoms with Gasteiger partial charge in [0.25, 0.3) is 5.91 Å². The molecule has 2 fully saturated rings. The van der Waals surface area contributed by atoms with Crippen molar-refractivity contribution < 1.29 is 20.1 Å². The molecule has 5 rings (SSSR count). The molecule has 2 aliphatic heterocycles. The van der Waals surface area contributed by atoms with Crippen LogP contribution in [0.15, 0.2) is 72.8 Å². The first-order valence-electron chi connectivity index (χ1n) is 15.8. The van der Waals surface area contributed by atoms with E-state index in [2.05, 4.69) is 15.1 Å². The molecule has 248 valence electrons. The number of ether oxygens (including phenoxy) is 1. The van der Waals surface area contributed by atoms with Gasteiger partial charge in [-0.2, -0.15) is 0 Å². The molecule has 45 heavy (non-hydrogen) atoms. The summed E-state index contributed by atoms with van der Waals surface area (Å²) in [5.41, 5.74) is 6.08. The van der Waals surface area contributed by atoms with Crippen LogP contribution in [-0.2, 0) is 0 Å². The van der Waals surface area contributed by atoms with Gasteiger partial charge >= 0.3 is 0 Å². The van der Waals surface area contributed by atoms with Crippen molar-refractivity contribution in [1.29, 1.82) is 0 Å². The summed E-state index contributed by atoms with van der Waals surface area (Å²) >= 11 is 11.0. The summed E-state index contributed by atoms with van der Waals surface area (Å²) in [7, 11) is 0. The molecule has 0 spiro atoms. The van der Waals surface area contributed by atoms with Crippen LogP contribution >= 0.6 is 23.2 Å². The maximum absolute atomic E-state index is 12.2. The van der Waals surface area contributed by atoms with Gasteiger partial charge in [-0.25, -0.2) is 0 Å². The number of likely N-dealkylation sites (tertiary alicyclic amines) is 2. The lowest BCUT2D eigenvalue weighted by atomic mass is 10.1. The SMILES string of the molecule is NCCCN1CCCCC1.O.O=C(NCCCN1CCCCC1)c1ccc(Oc2ccccc2)cc1.Oc1cc(Cl)cc(Cl)c1. The van der Waals surface area contributed by atoms with Crippen molar-refractivity contribution in [2.24, 2.45) is 5.73 Å². The lowest BCUT2D eigenvalue weighted by molar-refractivity contribution is 0.0951. The smallest absolute Gasteiger partial charge is 0.251 e. The number of carbonyl (C=O) groups is 1. The van der Waals surface area contributed by atoms with Crippen molar-refractivity contribution in [3.8, 4) is 17.2 Å². The first kappa shape index (κ1) is 38.3. The maximum Gasteiger partial charge on any atom is 0.251 e. The number of para-hydroxylation sites is 1. The zero-order chi connectivity index (χ0) is 31.4. The molecule has 1 amide bonds. The molecule has 8 nitrogen and oxygen atoms in total. The van der Waals surface area contributed by atoms with Crippen molar-refractivity contribution in [1.82, 2.24) is 15.1 Å². The molecule has 0 aromatic heterocycles. The predicted molar refractivity (Wildman–Crippen MR) is 186 cm³/mol. The summed E-state index contributed by atoms with van der Waals surface area (Å²) < 4.78 is 5.74. The van der Waals surface area contributed by atoms with Crippen LogP contribution in [0.1, 0.15) is 61.7 Å². The van der Waals surface area contributed by atoms with Gasteiger partial charge in [0.1, 0.15) is 17.2 Å². The molecule has 0 bridgehead atoms. The van der Waals surface area contributed by atoms with E-state index in [1.165, 1.54) is 89.8 Å². The second-order valence-corrected chi connectivity index (χ2v) is 12.0. The fraction of sp³-hybridized carbons (Fsp3) is 0.457. The molecule has 3 aromatic carbocycles. The van der Waals surface area contributed by atoms with Crippen LogP contribution in [0.4, 0.5) is 0 Å². The molecule has 2 saturated heterocycles. The summed E-state index contributed by atoms with van der Waals surface area (Å²) in [6, 6.07) is 21.3. The third kappa shape index (κ3) is 16.3. The summed E-state index contributed by atoms with van der Waals surface area (Å²) in [5, 5.41) is 12.7. The summed E-state index contributed by atoms with van der Waals surface area (Å²) in [4.78, 5) is 17.2. The van der Waals surface area contributed by atoms with E-state index in [1.807, 2.05) is 42.5 Å².